The van der Waals surface area contributed by atoms with Gasteiger partial charge in [0.2, 0.25) is 0 Å². The Morgan fingerprint density at radius 1 is 1.23 bits per heavy atom. The quantitative estimate of drug-likeness (QED) is 0.861. The van der Waals surface area contributed by atoms with E-state index in [0.29, 0.717) is 28.8 Å². The van der Waals surface area contributed by atoms with Crippen molar-refractivity contribution in [2.45, 2.75) is 32.8 Å². The predicted molar refractivity (Wildman–Crippen MR) is 99.8 cm³/mol. The van der Waals surface area contributed by atoms with Gasteiger partial charge >= 0.3 is 0 Å². The summed E-state index contributed by atoms with van der Waals surface area (Å²) in [4.78, 5) is 23.8. The standard InChI is InChI=1S/C20H22N2O4/c1-12(2)14-4-7-16(8-5-14)25-11-19(23)21-15-6-9-18-17(10-15)22-20(24)13(3)26-18/h4-10,12-13H,11H2,1-3H3,(H,21,23)(H,22,24)/t13-/m0/s1. The van der Waals surface area contributed by atoms with Gasteiger partial charge in [-0.3, -0.25) is 9.59 Å². The van der Waals surface area contributed by atoms with Crippen molar-refractivity contribution in [2.75, 3.05) is 17.2 Å². The Bertz CT molecular complexity index is 815. The number of nitrogens with one attached hydrogen (secondary N) is 2. The number of anilines is 2. The average molecular weight is 354 g/mol. The molecule has 6 heteroatoms. The Hall–Kier alpha value is -3.02. The molecule has 0 saturated carbocycles. The highest BCUT2D eigenvalue weighted by Gasteiger charge is 2.23. The molecule has 3 rings (SSSR count). The zero-order valence-corrected chi connectivity index (χ0v) is 15.0. The van der Waals surface area contributed by atoms with Crippen LogP contribution in [0.2, 0.25) is 0 Å². The molecule has 6 nitrogen and oxygen atoms in total. The van der Waals surface area contributed by atoms with Crippen molar-refractivity contribution in [3.63, 3.8) is 0 Å². The van der Waals surface area contributed by atoms with E-state index in [1.54, 1.807) is 25.1 Å². The van der Waals surface area contributed by atoms with Gasteiger partial charge in [-0.25, -0.2) is 0 Å². The molecular formula is C20H22N2O4. The largest absolute Gasteiger partial charge is 0.484 e. The van der Waals surface area contributed by atoms with Crippen LogP contribution in [0.4, 0.5) is 11.4 Å². The SMILES string of the molecule is CC(C)c1ccc(OCC(=O)Nc2ccc3c(c2)NC(=O)[C@H](C)O3)cc1. The van der Waals surface area contributed by atoms with Crippen molar-refractivity contribution in [3.8, 4) is 11.5 Å². The Kier molecular flexibility index (Phi) is 5.11. The predicted octanol–water partition coefficient (Wildman–Crippen LogP) is 3.55. The molecule has 1 atom stereocenters. The van der Waals surface area contributed by atoms with Gasteiger partial charge in [0.15, 0.2) is 12.7 Å². The summed E-state index contributed by atoms with van der Waals surface area (Å²) in [7, 11) is 0. The summed E-state index contributed by atoms with van der Waals surface area (Å²) in [6, 6.07) is 12.8. The van der Waals surface area contributed by atoms with Crippen LogP contribution >= 0.6 is 0 Å². The van der Waals surface area contributed by atoms with E-state index < -0.39 is 6.10 Å². The summed E-state index contributed by atoms with van der Waals surface area (Å²) in [6.45, 7) is 5.82. The maximum absolute atomic E-state index is 12.1. The van der Waals surface area contributed by atoms with Gasteiger partial charge in [-0.05, 0) is 48.7 Å². The van der Waals surface area contributed by atoms with E-state index in [1.807, 2.05) is 24.3 Å². The molecule has 0 unspecified atom stereocenters. The third-order valence-corrected chi connectivity index (χ3v) is 4.11. The Morgan fingerprint density at radius 3 is 2.65 bits per heavy atom. The lowest BCUT2D eigenvalue weighted by Gasteiger charge is -2.23. The van der Waals surface area contributed by atoms with E-state index in [1.165, 1.54) is 5.56 Å². The number of carbonyl (C=O) groups excluding carboxylic acids is 2. The number of hydrogen-bond donors (Lipinski definition) is 2. The van der Waals surface area contributed by atoms with Gasteiger partial charge in [0.1, 0.15) is 11.5 Å². The molecule has 136 valence electrons. The third kappa shape index (κ3) is 4.14. The molecule has 0 fully saturated rings. The summed E-state index contributed by atoms with van der Waals surface area (Å²) in [5.74, 6) is 1.17. The Labute approximate surface area is 152 Å². The van der Waals surface area contributed by atoms with E-state index in [4.69, 9.17) is 9.47 Å². The maximum atomic E-state index is 12.1. The first-order chi connectivity index (χ1) is 12.4. The molecule has 2 aromatic rings. The average Bonchev–Trinajstić information content (AvgIpc) is 2.61. The van der Waals surface area contributed by atoms with Crippen molar-refractivity contribution in [1.82, 2.24) is 0 Å². The highest BCUT2D eigenvalue weighted by molar-refractivity contribution is 5.99. The minimum Gasteiger partial charge on any atom is -0.484 e. The molecule has 0 aliphatic carbocycles. The molecule has 26 heavy (non-hydrogen) atoms. The fourth-order valence-electron chi connectivity index (χ4n) is 2.58. The first-order valence-electron chi connectivity index (χ1n) is 8.56. The summed E-state index contributed by atoms with van der Waals surface area (Å²) in [5, 5.41) is 5.50. The lowest BCUT2D eigenvalue weighted by Crippen LogP contribution is -2.34. The number of hydrogen-bond acceptors (Lipinski definition) is 4. The van der Waals surface area contributed by atoms with Crippen molar-refractivity contribution >= 4 is 23.2 Å². The molecular weight excluding hydrogens is 332 g/mol. The van der Waals surface area contributed by atoms with Gasteiger partial charge in [0.05, 0.1) is 5.69 Å². The van der Waals surface area contributed by atoms with Crippen molar-refractivity contribution in [3.05, 3.63) is 48.0 Å². The van der Waals surface area contributed by atoms with Gasteiger partial charge in [0.25, 0.3) is 11.8 Å². The second-order valence-corrected chi connectivity index (χ2v) is 6.52. The van der Waals surface area contributed by atoms with Crippen LogP contribution in [0.1, 0.15) is 32.3 Å². The van der Waals surface area contributed by atoms with Crippen LogP contribution in [0.5, 0.6) is 11.5 Å². The fourth-order valence-corrected chi connectivity index (χ4v) is 2.58. The Balaban J connectivity index is 1.57. The van der Waals surface area contributed by atoms with Gasteiger partial charge in [-0.2, -0.15) is 0 Å². The molecule has 0 bridgehead atoms. The number of benzene rings is 2. The van der Waals surface area contributed by atoms with Crippen LogP contribution in [0.15, 0.2) is 42.5 Å². The fraction of sp³-hybridized carbons (Fsp3) is 0.300. The van der Waals surface area contributed by atoms with Crippen LogP contribution in [0.25, 0.3) is 0 Å². The molecule has 0 radical (unpaired) electrons. The maximum Gasteiger partial charge on any atom is 0.265 e. The lowest BCUT2D eigenvalue weighted by molar-refractivity contribution is -0.122. The molecule has 0 aromatic heterocycles. The lowest BCUT2D eigenvalue weighted by atomic mass is 10.0. The second kappa shape index (κ2) is 7.47. The van der Waals surface area contributed by atoms with Crippen molar-refractivity contribution in [2.24, 2.45) is 0 Å². The summed E-state index contributed by atoms with van der Waals surface area (Å²) in [6.07, 6.45) is -0.529. The topological polar surface area (TPSA) is 76.7 Å². The van der Waals surface area contributed by atoms with E-state index in [9.17, 15) is 9.59 Å². The number of amides is 2. The zero-order valence-electron chi connectivity index (χ0n) is 15.0. The van der Waals surface area contributed by atoms with Crippen LogP contribution < -0.4 is 20.1 Å². The van der Waals surface area contributed by atoms with E-state index in [2.05, 4.69) is 24.5 Å². The number of rotatable bonds is 5. The van der Waals surface area contributed by atoms with Gasteiger partial charge in [0, 0.05) is 5.69 Å². The molecule has 2 N–H and O–H groups in total. The molecule has 1 heterocycles. The highest BCUT2D eigenvalue weighted by atomic mass is 16.5. The summed E-state index contributed by atoms with van der Waals surface area (Å²) in [5.41, 5.74) is 2.32. The highest BCUT2D eigenvalue weighted by Crippen LogP contribution is 2.32. The van der Waals surface area contributed by atoms with Gasteiger partial charge < -0.3 is 20.1 Å². The van der Waals surface area contributed by atoms with E-state index >= 15 is 0 Å². The monoisotopic (exact) mass is 354 g/mol. The van der Waals surface area contributed by atoms with E-state index in [-0.39, 0.29) is 18.4 Å². The van der Waals surface area contributed by atoms with Crippen molar-refractivity contribution < 1.29 is 19.1 Å². The minimum absolute atomic E-state index is 0.0992. The zero-order chi connectivity index (χ0) is 18.7. The smallest absolute Gasteiger partial charge is 0.265 e. The number of fused-ring (bicyclic) bond motifs is 1. The molecule has 0 saturated heterocycles. The molecule has 0 spiro atoms. The van der Waals surface area contributed by atoms with Crippen LogP contribution in [-0.2, 0) is 9.59 Å². The summed E-state index contributed by atoms with van der Waals surface area (Å²) >= 11 is 0. The van der Waals surface area contributed by atoms with Gasteiger partial charge in [-0.1, -0.05) is 26.0 Å². The van der Waals surface area contributed by atoms with Crippen LogP contribution in [0.3, 0.4) is 0 Å². The minimum atomic E-state index is -0.529. The summed E-state index contributed by atoms with van der Waals surface area (Å²) < 4.78 is 11.0. The molecule has 1 aliphatic rings. The normalized spacial score (nSPS) is 15.7. The third-order valence-electron chi connectivity index (χ3n) is 4.11. The van der Waals surface area contributed by atoms with Gasteiger partial charge in [-0.15, -0.1) is 0 Å². The first-order valence-corrected chi connectivity index (χ1v) is 8.56. The second-order valence-electron chi connectivity index (χ2n) is 6.52. The first kappa shape index (κ1) is 17.8. The number of ether oxygens (including phenoxy) is 2. The van der Waals surface area contributed by atoms with Crippen LogP contribution in [-0.4, -0.2) is 24.5 Å². The molecule has 1 aliphatic heterocycles. The van der Waals surface area contributed by atoms with Crippen molar-refractivity contribution in [1.29, 1.82) is 0 Å². The Morgan fingerprint density at radius 2 is 1.96 bits per heavy atom. The number of carbonyl (C=O) groups is 2. The van der Waals surface area contributed by atoms with Crippen LogP contribution in [0, 0.1) is 0 Å². The molecule has 2 aromatic carbocycles. The molecule has 2 amide bonds. The van der Waals surface area contributed by atoms with E-state index in [0.717, 1.165) is 0 Å².